The van der Waals surface area contributed by atoms with Crippen LogP contribution >= 0.6 is 17.0 Å². The van der Waals surface area contributed by atoms with Crippen LogP contribution in [0.4, 0.5) is 13.2 Å². The molecule has 5 heteroatoms. The van der Waals surface area contributed by atoms with Crippen LogP contribution in [-0.4, -0.2) is 0 Å². The Hall–Kier alpha value is 0.633. The molecule has 7 heavy (non-hydrogen) atoms. The van der Waals surface area contributed by atoms with Gasteiger partial charge in [0.2, 0.25) is 0 Å². The second kappa shape index (κ2) is 9.81. The summed E-state index contributed by atoms with van der Waals surface area (Å²) in [5, 5.41) is 0. The standard InChI is InChI=1S/C2F3.BrH.Zn/c3-1-2(4)5;;/h;1H;/q-1;;. The fraction of sp³-hybridized carbons (Fsp3) is 0. The van der Waals surface area contributed by atoms with Crippen LogP contribution in [0.15, 0.2) is 6.08 Å². The van der Waals surface area contributed by atoms with Gasteiger partial charge in [0.1, 0.15) is 6.08 Å². The van der Waals surface area contributed by atoms with E-state index >= 15 is 0 Å². The quantitative estimate of drug-likeness (QED) is 0.439. The van der Waals surface area contributed by atoms with E-state index in [1.54, 1.807) is 0 Å². The van der Waals surface area contributed by atoms with Gasteiger partial charge in [-0.15, -0.1) is 17.0 Å². The Labute approximate surface area is 62.3 Å². The van der Waals surface area contributed by atoms with Crippen molar-refractivity contribution < 1.29 is 32.6 Å². The van der Waals surface area contributed by atoms with E-state index in [4.69, 9.17) is 0 Å². The summed E-state index contributed by atoms with van der Waals surface area (Å²) in [4.78, 5) is 0. The van der Waals surface area contributed by atoms with Gasteiger partial charge >= 0.3 is 0 Å². The van der Waals surface area contributed by atoms with Crippen LogP contribution in [0.2, 0.25) is 0 Å². The Morgan fingerprint density at radius 3 is 1.43 bits per heavy atom. The first kappa shape index (κ1) is 15.6. The van der Waals surface area contributed by atoms with E-state index in [1.165, 1.54) is 0 Å². The van der Waals surface area contributed by atoms with E-state index in [0.717, 1.165) is 0 Å². The van der Waals surface area contributed by atoms with Gasteiger partial charge in [0.25, 0.3) is 0 Å². The molecule has 0 N–H and O–H groups in total. The molecule has 0 unspecified atom stereocenters. The van der Waals surface area contributed by atoms with Crippen molar-refractivity contribution in [1.82, 2.24) is 0 Å². The first-order chi connectivity index (χ1) is 2.27. The largest absolute Gasteiger partial charge is 0.453 e. The summed E-state index contributed by atoms with van der Waals surface area (Å²) in [6.07, 6.45) is -2.30. The molecule has 0 fully saturated rings. The molecule has 0 aromatic rings. The number of hydrogen-bond acceptors (Lipinski definition) is 0. The molecule has 0 nitrogen and oxygen atoms in total. The van der Waals surface area contributed by atoms with Gasteiger partial charge < -0.3 is 4.39 Å². The zero-order valence-corrected chi connectivity index (χ0v) is 7.93. The molecule has 40 valence electrons. The minimum atomic E-state index is -2.41. The third-order valence-electron chi connectivity index (χ3n) is 0.0714. The van der Waals surface area contributed by atoms with Crippen molar-refractivity contribution in [3.05, 3.63) is 12.4 Å². The maximum atomic E-state index is 10.2. The van der Waals surface area contributed by atoms with Gasteiger partial charge in [-0.05, 0) is 0 Å². The van der Waals surface area contributed by atoms with Crippen LogP contribution in [0.5, 0.6) is 0 Å². The smallest absolute Gasteiger partial charge is 0.120 e. The minimum absolute atomic E-state index is 0. The molecule has 0 saturated carbocycles. The Balaban J connectivity index is -0.0000000800. The molecular formula is C2HBrF3Zn-. The van der Waals surface area contributed by atoms with Crippen molar-refractivity contribution in [3.8, 4) is 0 Å². The molecule has 0 rings (SSSR count). The molecule has 0 saturated heterocycles. The summed E-state index contributed by atoms with van der Waals surface area (Å²) in [7, 11) is 0. The van der Waals surface area contributed by atoms with Crippen LogP contribution in [0, 0.1) is 6.33 Å². The number of halogens is 4. The summed E-state index contributed by atoms with van der Waals surface area (Å²) in [5.74, 6) is 0. The van der Waals surface area contributed by atoms with Gasteiger partial charge in [-0.2, -0.15) is 0 Å². The zero-order chi connectivity index (χ0) is 4.28. The molecule has 0 amide bonds. The van der Waals surface area contributed by atoms with Crippen LogP contribution < -0.4 is 0 Å². The van der Waals surface area contributed by atoms with Gasteiger partial charge in [-0.1, -0.05) is 0 Å². The van der Waals surface area contributed by atoms with Gasteiger partial charge in [0.05, 0.1) is 0 Å². The van der Waals surface area contributed by atoms with E-state index in [9.17, 15) is 13.2 Å². The summed E-state index contributed by atoms with van der Waals surface area (Å²) in [6, 6.07) is 0. The SMILES string of the molecule is Br.F[C-]=C(F)F.[Zn]. The fourth-order valence-electron chi connectivity index (χ4n) is 0. The van der Waals surface area contributed by atoms with Crippen molar-refractivity contribution in [2.24, 2.45) is 0 Å². The molecule has 0 atom stereocenters. The zero-order valence-electron chi connectivity index (χ0n) is 3.25. The van der Waals surface area contributed by atoms with E-state index in [0.29, 0.717) is 0 Å². The molecule has 0 heterocycles. The van der Waals surface area contributed by atoms with Crippen LogP contribution in [-0.2, 0) is 19.5 Å². The van der Waals surface area contributed by atoms with Crippen molar-refractivity contribution in [1.29, 1.82) is 0 Å². The monoisotopic (exact) mass is 225 g/mol. The molecular weight excluding hydrogens is 226 g/mol. The Morgan fingerprint density at radius 2 is 1.43 bits per heavy atom. The second-order valence-corrected chi connectivity index (χ2v) is 0.355. The molecule has 0 aliphatic rings. The summed E-state index contributed by atoms with van der Waals surface area (Å²) >= 11 is 0. The summed E-state index contributed by atoms with van der Waals surface area (Å²) in [5.41, 5.74) is 0. The maximum absolute atomic E-state index is 10.2. The van der Waals surface area contributed by atoms with Gasteiger partial charge in [-0.3, -0.25) is 0 Å². The Morgan fingerprint density at radius 1 is 1.29 bits per heavy atom. The second-order valence-electron chi connectivity index (χ2n) is 0.355. The molecule has 0 bridgehead atoms. The first-order valence-corrected chi connectivity index (χ1v) is 0.817. The predicted octanol–water partition coefficient (Wildman–Crippen LogP) is 2.07. The topological polar surface area (TPSA) is 0 Å². The number of hydrogen-bond donors (Lipinski definition) is 0. The van der Waals surface area contributed by atoms with E-state index < -0.39 is 6.08 Å². The Kier molecular flexibility index (Phi) is 21.9. The number of rotatable bonds is 0. The molecule has 0 aromatic heterocycles. The molecule has 0 aliphatic heterocycles. The van der Waals surface area contributed by atoms with E-state index in [2.05, 4.69) is 0 Å². The average molecular weight is 227 g/mol. The minimum Gasteiger partial charge on any atom is -0.453 e. The average Bonchev–Trinajstić information content (AvgIpc) is 1.38. The van der Waals surface area contributed by atoms with Gasteiger partial charge in [0.15, 0.2) is 0 Å². The van der Waals surface area contributed by atoms with Crippen molar-refractivity contribution in [2.75, 3.05) is 0 Å². The van der Waals surface area contributed by atoms with Crippen LogP contribution in [0.1, 0.15) is 0 Å². The van der Waals surface area contributed by atoms with Crippen molar-refractivity contribution in [3.63, 3.8) is 0 Å². The van der Waals surface area contributed by atoms with Crippen LogP contribution in [0.3, 0.4) is 0 Å². The third-order valence-corrected chi connectivity index (χ3v) is 0.0714. The molecule has 0 radical (unpaired) electrons. The normalized spacial score (nSPS) is 5.00. The van der Waals surface area contributed by atoms with E-state index in [1.807, 2.05) is 0 Å². The Bertz CT molecular complexity index is 50.9. The molecule has 0 aromatic carbocycles. The molecule has 0 spiro atoms. The van der Waals surface area contributed by atoms with Crippen LogP contribution in [0.25, 0.3) is 0 Å². The summed E-state index contributed by atoms with van der Waals surface area (Å²) < 4.78 is 30.5. The van der Waals surface area contributed by atoms with Gasteiger partial charge in [0, 0.05) is 19.5 Å². The molecule has 0 aliphatic carbocycles. The fourth-order valence-corrected chi connectivity index (χ4v) is 0. The summed E-state index contributed by atoms with van der Waals surface area (Å²) in [6.45, 7) is 0. The maximum Gasteiger partial charge on any atom is 0.120 e. The predicted molar refractivity (Wildman–Crippen MR) is 20.4 cm³/mol. The van der Waals surface area contributed by atoms with Crippen molar-refractivity contribution in [2.45, 2.75) is 0 Å². The van der Waals surface area contributed by atoms with Gasteiger partial charge in [-0.25, -0.2) is 15.1 Å². The third kappa shape index (κ3) is 20.5. The van der Waals surface area contributed by atoms with Crippen molar-refractivity contribution >= 4 is 17.0 Å². The first-order valence-electron chi connectivity index (χ1n) is 0.817. The van der Waals surface area contributed by atoms with E-state index in [-0.39, 0.29) is 42.8 Å².